The Balaban J connectivity index is 3.02. The molecule has 0 aromatic carbocycles. The van der Waals surface area contributed by atoms with Gasteiger partial charge in [-0.1, -0.05) is 0 Å². The Morgan fingerprint density at radius 2 is 1.91 bits per heavy atom. The molecule has 0 bridgehead atoms. The minimum atomic E-state index is 0.812. The van der Waals surface area contributed by atoms with Crippen LogP contribution in [0, 0.1) is 0 Å². The Hall–Kier alpha value is 0.270. The highest BCUT2D eigenvalue weighted by Crippen LogP contribution is 1.97. The van der Waals surface area contributed by atoms with E-state index < -0.39 is 0 Å². The van der Waals surface area contributed by atoms with Crippen LogP contribution >= 0.6 is 11.8 Å². The second-order valence-corrected chi connectivity index (χ2v) is 3.78. The van der Waals surface area contributed by atoms with Gasteiger partial charge in [0, 0.05) is 0 Å². The lowest BCUT2D eigenvalue weighted by atomic mass is 10.3. The first kappa shape index (κ1) is 11.3. The van der Waals surface area contributed by atoms with Gasteiger partial charge in [0.1, 0.15) is 0 Å². The summed E-state index contributed by atoms with van der Waals surface area (Å²) < 4.78 is 0. The minimum absolute atomic E-state index is 0.812. The van der Waals surface area contributed by atoms with Gasteiger partial charge in [0.15, 0.2) is 0 Å². The fraction of sp³-hybridized carbons (Fsp3) is 1.00. The van der Waals surface area contributed by atoms with E-state index in [9.17, 15) is 0 Å². The lowest BCUT2D eigenvalue weighted by Crippen LogP contribution is -2.23. The number of hydrogen-bond donors (Lipinski definition) is 1. The molecule has 0 saturated heterocycles. The molecular weight excluding hydrogens is 156 g/mol. The van der Waals surface area contributed by atoms with E-state index in [0.29, 0.717) is 0 Å². The Labute approximate surface area is 74.5 Å². The highest BCUT2D eigenvalue weighted by Gasteiger charge is 1.95. The van der Waals surface area contributed by atoms with Crippen molar-refractivity contribution in [3.05, 3.63) is 0 Å². The quantitative estimate of drug-likeness (QED) is 0.587. The molecule has 0 aromatic rings. The summed E-state index contributed by atoms with van der Waals surface area (Å²) in [6.45, 7) is 3.17. The number of thioether (sulfide) groups is 1. The molecule has 0 radical (unpaired) electrons. The van der Waals surface area contributed by atoms with Crippen LogP contribution in [-0.4, -0.2) is 43.6 Å². The lowest BCUT2D eigenvalue weighted by molar-refractivity contribution is 0.333. The summed E-state index contributed by atoms with van der Waals surface area (Å²) in [5, 5.41) is 0. The summed E-state index contributed by atoms with van der Waals surface area (Å²) in [6, 6.07) is 0. The van der Waals surface area contributed by atoms with E-state index in [1.807, 2.05) is 11.8 Å². The van der Waals surface area contributed by atoms with E-state index >= 15 is 0 Å². The summed E-state index contributed by atoms with van der Waals surface area (Å²) in [5.74, 6) is 1.27. The van der Waals surface area contributed by atoms with Crippen molar-refractivity contribution in [3.63, 3.8) is 0 Å². The van der Waals surface area contributed by atoms with E-state index in [1.54, 1.807) is 0 Å². The van der Waals surface area contributed by atoms with Crippen LogP contribution in [0.3, 0.4) is 0 Å². The van der Waals surface area contributed by atoms with Crippen molar-refractivity contribution in [2.45, 2.75) is 12.8 Å². The van der Waals surface area contributed by atoms with Crippen molar-refractivity contribution in [3.8, 4) is 0 Å². The zero-order chi connectivity index (χ0) is 8.53. The molecule has 0 heterocycles. The van der Waals surface area contributed by atoms with Crippen LogP contribution in [0.5, 0.6) is 0 Å². The van der Waals surface area contributed by atoms with Crippen molar-refractivity contribution in [2.24, 2.45) is 5.73 Å². The molecule has 0 aliphatic carbocycles. The number of nitrogens with zero attached hydrogens (tertiary/aromatic N) is 1. The summed E-state index contributed by atoms with van der Waals surface area (Å²) in [5.41, 5.74) is 5.40. The zero-order valence-electron chi connectivity index (χ0n) is 7.68. The Morgan fingerprint density at radius 1 is 1.27 bits per heavy atom. The standard InChI is InChI=1S/C8H20N2S/c1-10(6-3-5-9)7-4-8-11-2/h3-9H2,1-2H3. The first-order valence-corrected chi connectivity index (χ1v) is 5.58. The van der Waals surface area contributed by atoms with Crippen molar-refractivity contribution in [2.75, 3.05) is 38.7 Å². The normalized spacial score (nSPS) is 10.9. The molecule has 0 fully saturated rings. The smallest absolute Gasteiger partial charge is 0.000976 e. The number of rotatable bonds is 7. The molecule has 3 heteroatoms. The van der Waals surface area contributed by atoms with Gasteiger partial charge in [-0.2, -0.15) is 11.8 Å². The van der Waals surface area contributed by atoms with Gasteiger partial charge < -0.3 is 10.6 Å². The minimum Gasteiger partial charge on any atom is -0.330 e. The van der Waals surface area contributed by atoms with E-state index in [-0.39, 0.29) is 0 Å². The second-order valence-electron chi connectivity index (χ2n) is 2.79. The van der Waals surface area contributed by atoms with Crippen molar-refractivity contribution < 1.29 is 0 Å². The van der Waals surface area contributed by atoms with Gasteiger partial charge in [-0.15, -0.1) is 0 Å². The van der Waals surface area contributed by atoms with Gasteiger partial charge in [0.2, 0.25) is 0 Å². The van der Waals surface area contributed by atoms with Gasteiger partial charge >= 0.3 is 0 Å². The van der Waals surface area contributed by atoms with E-state index in [4.69, 9.17) is 5.73 Å². The van der Waals surface area contributed by atoms with Crippen molar-refractivity contribution in [1.82, 2.24) is 4.90 Å². The van der Waals surface area contributed by atoms with Crippen LogP contribution in [0.15, 0.2) is 0 Å². The molecule has 0 amide bonds. The molecule has 0 unspecified atom stereocenters. The third-order valence-corrected chi connectivity index (χ3v) is 2.33. The number of nitrogens with two attached hydrogens (primary N) is 1. The molecule has 0 aromatic heterocycles. The molecule has 2 N–H and O–H groups in total. The lowest BCUT2D eigenvalue weighted by Gasteiger charge is -2.14. The predicted octanol–water partition coefficient (Wildman–Crippen LogP) is 1.02. The second kappa shape index (κ2) is 8.37. The zero-order valence-corrected chi connectivity index (χ0v) is 8.49. The molecule has 0 aliphatic heterocycles. The third-order valence-electron chi connectivity index (χ3n) is 1.63. The molecule has 0 rings (SSSR count). The Bertz CT molecular complexity index is 78.5. The van der Waals surface area contributed by atoms with Crippen LogP contribution in [-0.2, 0) is 0 Å². The first-order chi connectivity index (χ1) is 5.31. The topological polar surface area (TPSA) is 29.3 Å². The highest BCUT2D eigenvalue weighted by atomic mass is 32.2. The van der Waals surface area contributed by atoms with Crippen LogP contribution in [0.4, 0.5) is 0 Å². The van der Waals surface area contributed by atoms with Gasteiger partial charge in [-0.05, 0) is 51.5 Å². The Morgan fingerprint density at radius 3 is 2.45 bits per heavy atom. The molecule has 0 atom stereocenters. The van der Waals surface area contributed by atoms with Crippen LogP contribution in [0.1, 0.15) is 12.8 Å². The molecule has 68 valence electrons. The predicted molar refractivity (Wildman–Crippen MR) is 54.2 cm³/mol. The van der Waals surface area contributed by atoms with Gasteiger partial charge in [-0.25, -0.2) is 0 Å². The van der Waals surface area contributed by atoms with E-state index in [1.165, 1.54) is 18.7 Å². The summed E-state index contributed by atoms with van der Waals surface area (Å²) in [7, 11) is 2.16. The van der Waals surface area contributed by atoms with Crippen molar-refractivity contribution in [1.29, 1.82) is 0 Å². The van der Waals surface area contributed by atoms with Gasteiger partial charge in [0.25, 0.3) is 0 Å². The average Bonchev–Trinajstić information content (AvgIpc) is 2.01. The molecule has 2 nitrogen and oxygen atoms in total. The van der Waals surface area contributed by atoms with E-state index in [0.717, 1.165) is 19.5 Å². The molecule has 11 heavy (non-hydrogen) atoms. The highest BCUT2D eigenvalue weighted by molar-refractivity contribution is 7.98. The van der Waals surface area contributed by atoms with Gasteiger partial charge in [0.05, 0.1) is 0 Å². The molecular formula is C8H20N2S. The summed E-state index contributed by atoms with van der Waals surface area (Å²) in [4.78, 5) is 2.35. The first-order valence-electron chi connectivity index (χ1n) is 4.18. The molecule has 0 saturated carbocycles. The summed E-state index contributed by atoms with van der Waals surface area (Å²) >= 11 is 1.92. The maximum Gasteiger partial charge on any atom is -0.000976 e. The Kier molecular flexibility index (Phi) is 8.57. The fourth-order valence-corrected chi connectivity index (χ4v) is 1.37. The monoisotopic (exact) mass is 176 g/mol. The van der Waals surface area contributed by atoms with Crippen LogP contribution < -0.4 is 5.73 Å². The average molecular weight is 176 g/mol. The van der Waals surface area contributed by atoms with Crippen molar-refractivity contribution >= 4 is 11.8 Å². The molecule has 0 spiro atoms. The fourth-order valence-electron chi connectivity index (χ4n) is 0.952. The van der Waals surface area contributed by atoms with Gasteiger partial charge in [-0.3, -0.25) is 0 Å². The summed E-state index contributed by atoms with van der Waals surface area (Å²) in [6.07, 6.45) is 4.57. The SMILES string of the molecule is CSCCCN(C)CCCN. The third kappa shape index (κ3) is 8.17. The number of hydrogen-bond acceptors (Lipinski definition) is 3. The molecule has 0 aliphatic rings. The maximum absolute atomic E-state index is 5.40. The van der Waals surface area contributed by atoms with Crippen LogP contribution in [0.25, 0.3) is 0 Å². The van der Waals surface area contributed by atoms with Crippen LogP contribution in [0.2, 0.25) is 0 Å². The van der Waals surface area contributed by atoms with E-state index in [2.05, 4.69) is 18.2 Å². The maximum atomic E-state index is 5.40. The largest absolute Gasteiger partial charge is 0.330 e.